The molecule has 2 unspecified atom stereocenters. The van der Waals surface area contributed by atoms with Gasteiger partial charge in [0.1, 0.15) is 11.4 Å². The summed E-state index contributed by atoms with van der Waals surface area (Å²) in [5, 5.41) is 0. The second-order valence-electron chi connectivity index (χ2n) is 9.90. The lowest BCUT2D eigenvalue weighted by atomic mass is 9.82. The third kappa shape index (κ3) is 6.41. The third-order valence-corrected chi connectivity index (χ3v) is 5.25. The molecule has 0 aliphatic carbocycles. The van der Waals surface area contributed by atoms with E-state index in [0.29, 0.717) is 11.8 Å². The Morgan fingerprint density at radius 2 is 1.30 bits per heavy atom. The van der Waals surface area contributed by atoms with Crippen LogP contribution in [0.5, 0.6) is 5.75 Å². The van der Waals surface area contributed by atoms with Crippen LogP contribution in [0.1, 0.15) is 96.8 Å². The van der Waals surface area contributed by atoms with E-state index in [1.54, 1.807) is 0 Å². The predicted octanol–water partition coefficient (Wildman–Crippen LogP) is 7.85. The Hall–Kier alpha value is -1.76. The molecule has 0 N–H and O–H groups in total. The zero-order valence-electron chi connectivity index (χ0n) is 18.6. The number of rotatable bonds is 6. The molecule has 0 spiro atoms. The standard InChI is InChI=1S/C26H38O/c1-9-20(22-10-14-23(15-11-22)25(3,4)5)18-19(2)21-12-16-24(17-13-21)27-26(6,7)8/h10-17,19-20H,9,18H2,1-8H3. The molecule has 0 saturated carbocycles. The SMILES string of the molecule is CCC(CC(C)c1ccc(OC(C)(C)C)cc1)c1ccc(C(C)(C)C)cc1. The van der Waals surface area contributed by atoms with Crippen LogP contribution in [-0.2, 0) is 5.41 Å². The molecule has 0 aromatic heterocycles. The maximum Gasteiger partial charge on any atom is 0.120 e. The fourth-order valence-corrected chi connectivity index (χ4v) is 3.57. The van der Waals surface area contributed by atoms with Crippen molar-refractivity contribution in [2.24, 2.45) is 0 Å². The van der Waals surface area contributed by atoms with Gasteiger partial charge in [0.25, 0.3) is 0 Å². The van der Waals surface area contributed by atoms with Gasteiger partial charge in [-0.2, -0.15) is 0 Å². The number of ether oxygens (including phenoxy) is 1. The molecule has 2 atom stereocenters. The van der Waals surface area contributed by atoms with Crippen molar-refractivity contribution in [2.45, 2.75) is 91.1 Å². The van der Waals surface area contributed by atoms with Crippen LogP contribution in [0.25, 0.3) is 0 Å². The summed E-state index contributed by atoms with van der Waals surface area (Å²) in [5.74, 6) is 2.07. The van der Waals surface area contributed by atoms with E-state index in [9.17, 15) is 0 Å². The molecule has 0 radical (unpaired) electrons. The molecule has 0 aliphatic rings. The lowest BCUT2D eigenvalue weighted by Gasteiger charge is -2.24. The highest BCUT2D eigenvalue weighted by molar-refractivity contribution is 5.32. The molecule has 2 aromatic rings. The highest BCUT2D eigenvalue weighted by Crippen LogP contribution is 2.34. The van der Waals surface area contributed by atoms with Crippen molar-refractivity contribution < 1.29 is 4.74 Å². The topological polar surface area (TPSA) is 9.23 Å². The molecule has 0 saturated heterocycles. The van der Waals surface area contributed by atoms with Gasteiger partial charge in [-0.25, -0.2) is 0 Å². The van der Waals surface area contributed by atoms with E-state index in [1.807, 2.05) is 0 Å². The number of hydrogen-bond donors (Lipinski definition) is 0. The van der Waals surface area contributed by atoms with Gasteiger partial charge in [-0.3, -0.25) is 0 Å². The van der Waals surface area contributed by atoms with Crippen LogP contribution in [0.4, 0.5) is 0 Å². The fourth-order valence-electron chi connectivity index (χ4n) is 3.57. The van der Waals surface area contributed by atoms with Gasteiger partial charge in [0.05, 0.1) is 0 Å². The second-order valence-corrected chi connectivity index (χ2v) is 9.90. The highest BCUT2D eigenvalue weighted by atomic mass is 16.5. The van der Waals surface area contributed by atoms with E-state index < -0.39 is 0 Å². The molecule has 2 rings (SSSR count). The molecule has 0 fully saturated rings. The van der Waals surface area contributed by atoms with Crippen molar-refractivity contribution in [3.8, 4) is 5.75 Å². The lowest BCUT2D eigenvalue weighted by Crippen LogP contribution is -2.22. The normalized spacial score (nSPS) is 14.7. The molecule has 2 aromatic carbocycles. The van der Waals surface area contributed by atoms with Gasteiger partial charge in [0.15, 0.2) is 0 Å². The molecule has 0 bridgehead atoms. The van der Waals surface area contributed by atoms with E-state index in [4.69, 9.17) is 4.74 Å². The van der Waals surface area contributed by atoms with Gasteiger partial charge in [-0.1, -0.05) is 71.0 Å². The van der Waals surface area contributed by atoms with Crippen LogP contribution in [0.2, 0.25) is 0 Å². The predicted molar refractivity (Wildman–Crippen MR) is 118 cm³/mol. The third-order valence-electron chi connectivity index (χ3n) is 5.25. The van der Waals surface area contributed by atoms with Crippen molar-refractivity contribution in [1.82, 2.24) is 0 Å². The summed E-state index contributed by atoms with van der Waals surface area (Å²) in [4.78, 5) is 0. The van der Waals surface area contributed by atoms with Crippen LogP contribution in [0.3, 0.4) is 0 Å². The van der Waals surface area contributed by atoms with Crippen LogP contribution >= 0.6 is 0 Å². The van der Waals surface area contributed by atoms with E-state index in [1.165, 1.54) is 29.5 Å². The summed E-state index contributed by atoms with van der Waals surface area (Å²) in [6.45, 7) is 17.7. The Morgan fingerprint density at radius 3 is 1.74 bits per heavy atom. The van der Waals surface area contributed by atoms with E-state index >= 15 is 0 Å². The highest BCUT2D eigenvalue weighted by Gasteiger charge is 2.18. The average molecular weight is 367 g/mol. The largest absolute Gasteiger partial charge is 0.488 e. The first kappa shape index (κ1) is 21.5. The van der Waals surface area contributed by atoms with Gasteiger partial charge in [-0.15, -0.1) is 0 Å². The maximum absolute atomic E-state index is 5.95. The second kappa shape index (κ2) is 8.50. The van der Waals surface area contributed by atoms with Crippen molar-refractivity contribution in [3.05, 3.63) is 65.2 Å². The Bertz CT molecular complexity index is 696. The van der Waals surface area contributed by atoms with Crippen LogP contribution in [0.15, 0.2) is 48.5 Å². The van der Waals surface area contributed by atoms with Gasteiger partial charge < -0.3 is 4.74 Å². The Kier molecular flexibility index (Phi) is 6.78. The van der Waals surface area contributed by atoms with E-state index in [-0.39, 0.29) is 11.0 Å². The summed E-state index contributed by atoms with van der Waals surface area (Å²) < 4.78 is 5.95. The molecule has 27 heavy (non-hydrogen) atoms. The first-order valence-electron chi connectivity index (χ1n) is 10.4. The fraction of sp³-hybridized carbons (Fsp3) is 0.538. The minimum atomic E-state index is -0.153. The summed E-state index contributed by atoms with van der Waals surface area (Å²) in [7, 11) is 0. The molecular formula is C26H38O. The molecule has 1 nitrogen and oxygen atoms in total. The maximum atomic E-state index is 5.95. The van der Waals surface area contributed by atoms with Crippen LogP contribution in [-0.4, -0.2) is 5.60 Å². The molecular weight excluding hydrogens is 328 g/mol. The van der Waals surface area contributed by atoms with E-state index in [2.05, 4.69) is 104 Å². The Balaban J connectivity index is 2.07. The lowest BCUT2D eigenvalue weighted by molar-refractivity contribution is 0.131. The van der Waals surface area contributed by atoms with Gasteiger partial charge in [-0.05, 0) is 79.7 Å². The Labute approximate surface area is 167 Å². The molecule has 0 amide bonds. The quantitative estimate of drug-likeness (QED) is 0.506. The smallest absolute Gasteiger partial charge is 0.120 e. The first-order valence-corrected chi connectivity index (χ1v) is 10.4. The number of hydrogen-bond acceptors (Lipinski definition) is 1. The van der Waals surface area contributed by atoms with Crippen LogP contribution in [0, 0.1) is 0 Å². The van der Waals surface area contributed by atoms with Gasteiger partial charge >= 0.3 is 0 Å². The summed E-state index contributed by atoms with van der Waals surface area (Å²) >= 11 is 0. The zero-order chi connectivity index (χ0) is 20.2. The molecule has 1 heteroatoms. The molecule has 0 heterocycles. The van der Waals surface area contributed by atoms with E-state index in [0.717, 1.165) is 5.75 Å². The van der Waals surface area contributed by atoms with Gasteiger partial charge in [0.2, 0.25) is 0 Å². The summed E-state index contributed by atoms with van der Waals surface area (Å²) in [5.41, 5.74) is 4.32. The summed E-state index contributed by atoms with van der Waals surface area (Å²) in [6.07, 6.45) is 2.34. The first-order chi connectivity index (χ1) is 12.5. The molecule has 0 aliphatic heterocycles. The van der Waals surface area contributed by atoms with Crippen molar-refractivity contribution in [2.75, 3.05) is 0 Å². The van der Waals surface area contributed by atoms with Crippen LogP contribution < -0.4 is 4.74 Å². The minimum absolute atomic E-state index is 0.153. The van der Waals surface area contributed by atoms with Crippen molar-refractivity contribution in [1.29, 1.82) is 0 Å². The summed E-state index contributed by atoms with van der Waals surface area (Å²) in [6, 6.07) is 17.9. The van der Waals surface area contributed by atoms with Crippen molar-refractivity contribution >= 4 is 0 Å². The molecule has 148 valence electrons. The van der Waals surface area contributed by atoms with Crippen molar-refractivity contribution in [3.63, 3.8) is 0 Å². The Morgan fingerprint density at radius 1 is 0.778 bits per heavy atom. The number of benzene rings is 2. The van der Waals surface area contributed by atoms with Gasteiger partial charge in [0, 0.05) is 0 Å². The zero-order valence-corrected chi connectivity index (χ0v) is 18.6. The minimum Gasteiger partial charge on any atom is -0.488 e. The monoisotopic (exact) mass is 366 g/mol. The average Bonchev–Trinajstić information content (AvgIpc) is 2.58.